The van der Waals surface area contributed by atoms with Crippen LogP contribution in [0.4, 0.5) is 4.39 Å². The van der Waals surface area contributed by atoms with Crippen molar-refractivity contribution >= 4 is 5.90 Å². The molecule has 0 unspecified atom stereocenters. The van der Waals surface area contributed by atoms with Crippen LogP contribution >= 0.6 is 0 Å². The van der Waals surface area contributed by atoms with Crippen LogP contribution in [0.2, 0.25) is 0 Å². The standard InChI is InChI=1S/C14H20FN3O/c1-5-8-12(15)13(7-3)19-14(9-6-2)17-10-11(4)18-16/h5-10,18H,3,16H2,1-2,4H3/b8-5-,9-6+,11-10+,13-12-,17-14+. The summed E-state index contributed by atoms with van der Waals surface area (Å²) in [5.74, 6) is 4.92. The fraction of sp³-hybridized carbons (Fsp3) is 0.214. The Bertz CT molecular complexity index is 446. The molecule has 0 saturated carbocycles. The molecule has 0 aromatic heterocycles. The van der Waals surface area contributed by atoms with Gasteiger partial charge in [-0.3, -0.25) is 5.84 Å². The van der Waals surface area contributed by atoms with E-state index in [4.69, 9.17) is 10.6 Å². The average molecular weight is 265 g/mol. The van der Waals surface area contributed by atoms with Gasteiger partial charge in [-0.25, -0.2) is 9.38 Å². The van der Waals surface area contributed by atoms with E-state index in [1.165, 1.54) is 18.4 Å². The van der Waals surface area contributed by atoms with Gasteiger partial charge in [0, 0.05) is 5.70 Å². The van der Waals surface area contributed by atoms with Crippen molar-refractivity contribution in [2.75, 3.05) is 0 Å². The molecule has 0 spiro atoms. The van der Waals surface area contributed by atoms with Crippen LogP contribution in [-0.2, 0) is 4.74 Å². The molecule has 0 rings (SSSR count). The zero-order valence-corrected chi connectivity index (χ0v) is 11.5. The maximum absolute atomic E-state index is 13.6. The highest BCUT2D eigenvalue weighted by Crippen LogP contribution is 2.12. The first-order valence-electron chi connectivity index (χ1n) is 5.75. The van der Waals surface area contributed by atoms with E-state index in [9.17, 15) is 4.39 Å². The van der Waals surface area contributed by atoms with Gasteiger partial charge in [0.25, 0.3) is 0 Å². The van der Waals surface area contributed by atoms with Crippen molar-refractivity contribution < 1.29 is 9.13 Å². The van der Waals surface area contributed by atoms with Crippen molar-refractivity contribution in [1.29, 1.82) is 0 Å². The minimum atomic E-state index is -0.521. The summed E-state index contributed by atoms with van der Waals surface area (Å²) in [7, 11) is 0. The number of nitrogens with one attached hydrogen (secondary N) is 1. The Morgan fingerprint density at radius 1 is 1.32 bits per heavy atom. The Kier molecular flexibility index (Phi) is 8.74. The number of nitrogens with two attached hydrogens (primary N) is 1. The summed E-state index contributed by atoms with van der Waals surface area (Å²) >= 11 is 0. The molecule has 0 aliphatic rings. The summed E-state index contributed by atoms with van der Waals surface area (Å²) in [6.45, 7) is 8.75. The third kappa shape index (κ3) is 7.00. The monoisotopic (exact) mass is 265 g/mol. The van der Waals surface area contributed by atoms with Crippen molar-refractivity contribution in [2.24, 2.45) is 10.8 Å². The molecule has 0 bridgehead atoms. The molecule has 0 aliphatic heterocycles. The Hall–Kier alpha value is -2.14. The van der Waals surface area contributed by atoms with E-state index in [2.05, 4.69) is 17.0 Å². The van der Waals surface area contributed by atoms with Crippen molar-refractivity contribution in [1.82, 2.24) is 5.43 Å². The Labute approximate surface area is 113 Å². The highest BCUT2D eigenvalue weighted by atomic mass is 19.1. The van der Waals surface area contributed by atoms with Gasteiger partial charge in [-0.15, -0.1) is 0 Å². The molecule has 0 radical (unpaired) electrons. The third-order valence-corrected chi connectivity index (χ3v) is 1.87. The summed E-state index contributed by atoms with van der Waals surface area (Å²) in [4.78, 5) is 4.04. The minimum Gasteiger partial charge on any atom is -0.436 e. The number of halogens is 1. The van der Waals surface area contributed by atoms with E-state index in [1.807, 2.05) is 0 Å². The Morgan fingerprint density at radius 2 is 1.95 bits per heavy atom. The van der Waals surface area contributed by atoms with E-state index in [0.717, 1.165) is 0 Å². The quantitative estimate of drug-likeness (QED) is 0.193. The van der Waals surface area contributed by atoms with Crippen molar-refractivity contribution in [3.05, 3.63) is 60.4 Å². The van der Waals surface area contributed by atoms with E-state index in [1.54, 1.807) is 39.0 Å². The summed E-state index contributed by atoms with van der Waals surface area (Å²) in [5.41, 5.74) is 3.07. The van der Waals surface area contributed by atoms with E-state index in [0.29, 0.717) is 5.70 Å². The summed E-state index contributed by atoms with van der Waals surface area (Å²) in [6, 6.07) is 0. The first kappa shape index (κ1) is 16.9. The molecular weight excluding hydrogens is 245 g/mol. The molecule has 104 valence electrons. The second-order valence-electron chi connectivity index (χ2n) is 3.44. The predicted molar refractivity (Wildman–Crippen MR) is 77.6 cm³/mol. The fourth-order valence-electron chi connectivity index (χ4n) is 0.973. The molecular formula is C14H20FN3O. The number of rotatable bonds is 6. The molecule has 0 aliphatic carbocycles. The number of ether oxygens (including phenoxy) is 1. The molecule has 0 saturated heterocycles. The zero-order chi connectivity index (χ0) is 14.7. The van der Waals surface area contributed by atoms with Gasteiger partial charge < -0.3 is 10.2 Å². The van der Waals surface area contributed by atoms with Crippen LogP contribution in [0.1, 0.15) is 20.8 Å². The van der Waals surface area contributed by atoms with Gasteiger partial charge in [-0.05, 0) is 39.0 Å². The highest BCUT2D eigenvalue weighted by Gasteiger charge is 2.04. The van der Waals surface area contributed by atoms with Crippen LogP contribution < -0.4 is 11.3 Å². The molecule has 0 fully saturated rings. The molecule has 0 aromatic carbocycles. The van der Waals surface area contributed by atoms with Crippen LogP contribution in [0.25, 0.3) is 0 Å². The molecule has 5 heteroatoms. The molecule has 0 heterocycles. The van der Waals surface area contributed by atoms with Gasteiger partial charge >= 0.3 is 0 Å². The number of nitrogens with zero attached hydrogens (tertiary/aromatic N) is 1. The van der Waals surface area contributed by atoms with Crippen LogP contribution in [0.3, 0.4) is 0 Å². The lowest BCUT2D eigenvalue weighted by Crippen LogP contribution is -2.18. The lowest BCUT2D eigenvalue weighted by Gasteiger charge is -2.06. The summed E-state index contributed by atoms with van der Waals surface area (Å²) in [6.07, 6.45) is 8.94. The van der Waals surface area contributed by atoms with E-state index in [-0.39, 0.29) is 11.7 Å². The second-order valence-corrected chi connectivity index (χ2v) is 3.44. The van der Waals surface area contributed by atoms with Crippen molar-refractivity contribution in [3.63, 3.8) is 0 Å². The lowest BCUT2D eigenvalue weighted by molar-refractivity contribution is 0.413. The summed E-state index contributed by atoms with van der Waals surface area (Å²) < 4.78 is 18.9. The third-order valence-electron chi connectivity index (χ3n) is 1.87. The van der Waals surface area contributed by atoms with Crippen LogP contribution in [0, 0.1) is 0 Å². The van der Waals surface area contributed by atoms with Crippen molar-refractivity contribution in [3.8, 4) is 0 Å². The van der Waals surface area contributed by atoms with E-state index < -0.39 is 5.83 Å². The minimum absolute atomic E-state index is 0.00158. The zero-order valence-electron chi connectivity index (χ0n) is 11.5. The van der Waals surface area contributed by atoms with Gasteiger partial charge in [0.05, 0.1) is 6.20 Å². The number of aliphatic imine (C=N–C) groups is 1. The normalized spacial score (nSPS) is 14.8. The average Bonchev–Trinajstić information content (AvgIpc) is 2.41. The van der Waals surface area contributed by atoms with E-state index >= 15 is 0 Å². The largest absolute Gasteiger partial charge is 0.436 e. The van der Waals surface area contributed by atoms with Gasteiger partial charge in [0.1, 0.15) is 0 Å². The molecule has 4 nitrogen and oxygen atoms in total. The molecule has 0 aromatic rings. The van der Waals surface area contributed by atoms with Gasteiger partial charge in [-0.2, -0.15) is 0 Å². The second kappa shape index (κ2) is 9.85. The Morgan fingerprint density at radius 3 is 2.42 bits per heavy atom. The molecule has 0 atom stereocenters. The van der Waals surface area contributed by atoms with Crippen molar-refractivity contribution in [2.45, 2.75) is 20.8 Å². The van der Waals surface area contributed by atoms with Crippen LogP contribution in [0.5, 0.6) is 0 Å². The maximum atomic E-state index is 13.6. The topological polar surface area (TPSA) is 59.6 Å². The fourth-order valence-corrected chi connectivity index (χ4v) is 0.973. The van der Waals surface area contributed by atoms with Gasteiger partial charge in [-0.1, -0.05) is 18.7 Å². The first-order chi connectivity index (χ1) is 9.08. The lowest BCUT2D eigenvalue weighted by atomic mass is 10.3. The number of hydrogen-bond acceptors (Lipinski definition) is 4. The first-order valence-corrected chi connectivity index (χ1v) is 5.75. The highest BCUT2D eigenvalue weighted by molar-refractivity contribution is 5.89. The number of hydrogen-bond donors (Lipinski definition) is 2. The number of hydrazine groups is 1. The SMILES string of the molecule is C=C/C(OC(/C=C/C)=N/C=C(\C)NN)=C(F)\C=C/C. The number of allylic oxidation sites excluding steroid dienone is 6. The smallest absolute Gasteiger partial charge is 0.219 e. The summed E-state index contributed by atoms with van der Waals surface area (Å²) in [5, 5.41) is 0. The molecule has 3 N–H and O–H groups in total. The predicted octanol–water partition coefficient (Wildman–Crippen LogP) is 3.25. The van der Waals surface area contributed by atoms with Crippen LogP contribution in [0.15, 0.2) is 65.4 Å². The van der Waals surface area contributed by atoms with Crippen LogP contribution in [-0.4, -0.2) is 5.90 Å². The molecule has 0 amide bonds. The van der Waals surface area contributed by atoms with Gasteiger partial charge in [0.2, 0.25) is 5.90 Å². The maximum Gasteiger partial charge on any atom is 0.219 e. The van der Waals surface area contributed by atoms with Gasteiger partial charge in [0.15, 0.2) is 11.6 Å². The molecule has 19 heavy (non-hydrogen) atoms. The Balaban J connectivity index is 5.24.